The van der Waals surface area contributed by atoms with Crippen molar-refractivity contribution in [3.63, 3.8) is 0 Å². The highest BCUT2D eigenvalue weighted by Gasteiger charge is 2.25. The van der Waals surface area contributed by atoms with Gasteiger partial charge in [-0.1, -0.05) is 42.5 Å². The molecule has 0 bridgehead atoms. The minimum Gasteiger partial charge on any atom is -0.480 e. The molecule has 0 saturated heterocycles. The Kier molecular flexibility index (Phi) is 3.86. The van der Waals surface area contributed by atoms with Gasteiger partial charge in [0.1, 0.15) is 5.54 Å². The summed E-state index contributed by atoms with van der Waals surface area (Å²) in [5.41, 5.74) is 0.337. The maximum atomic E-state index is 11.0. The van der Waals surface area contributed by atoms with Crippen molar-refractivity contribution in [2.24, 2.45) is 0 Å². The van der Waals surface area contributed by atoms with Crippen molar-refractivity contribution in [2.45, 2.75) is 25.8 Å². The van der Waals surface area contributed by atoms with Crippen molar-refractivity contribution < 1.29 is 9.90 Å². The molecule has 19 heavy (non-hydrogen) atoms. The van der Waals surface area contributed by atoms with E-state index in [0.29, 0.717) is 6.54 Å². The minimum absolute atomic E-state index is 0.650. The van der Waals surface area contributed by atoms with Crippen LogP contribution in [0.3, 0.4) is 0 Å². The summed E-state index contributed by atoms with van der Waals surface area (Å²) >= 11 is 0. The third-order valence-electron chi connectivity index (χ3n) is 3.33. The highest BCUT2D eigenvalue weighted by molar-refractivity contribution is 5.83. The van der Waals surface area contributed by atoms with Crippen LogP contribution in [0.1, 0.15) is 19.4 Å². The number of fused-ring (bicyclic) bond motifs is 1. The summed E-state index contributed by atoms with van der Waals surface area (Å²) in [4.78, 5) is 11.0. The molecule has 2 rings (SSSR count). The molecule has 0 aliphatic carbocycles. The lowest BCUT2D eigenvalue weighted by molar-refractivity contribution is -0.143. The van der Waals surface area contributed by atoms with Crippen molar-refractivity contribution in [3.8, 4) is 0 Å². The molecule has 0 aromatic heterocycles. The second-order valence-electron chi connectivity index (χ2n) is 5.29. The molecule has 0 radical (unpaired) electrons. The molecule has 0 heterocycles. The van der Waals surface area contributed by atoms with Crippen LogP contribution in [0, 0.1) is 0 Å². The van der Waals surface area contributed by atoms with Gasteiger partial charge in [0.05, 0.1) is 0 Å². The molecule has 3 heteroatoms. The number of aliphatic carboxylic acids is 1. The lowest BCUT2D eigenvalue weighted by Crippen LogP contribution is -2.47. The lowest BCUT2D eigenvalue weighted by Gasteiger charge is -2.20. The van der Waals surface area contributed by atoms with E-state index in [1.54, 1.807) is 13.8 Å². The van der Waals surface area contributed by atoms with Gasteiger partial charge in [0.2, 0.25) is 0 Å². The second kappa shape index (κ2) is 5.41. The van der Waals surface area contributed by atoms with Crippen LogP contribution in [-0.4, -0.2) is 23.2 Å². The standard InChI is InChI=1S/C16H19NO2/c1-16(2,15(18)19)17-10-9-12-7-8-13-5-3-4-6-14(13)11-12/h3-8,11,17H,9-10H2,1-2H3,(H,18,19). The number of rotatable bonds is 5. The third kappa shape index (κ3) is 3.32. The molecule has 2 aromatic carbocycles. The van der Waals surface area contributed by atoms with Crippen molar-refractivity contribution >= 4 is 16.7 Å². The molecular weight excluding hydrogens is 238 g/mol. The highest BCUT2D eigenvalue weighted by atomic mass is 16.4. The molecule has 0 aliphatic rings. The van der Waals surface area contributed by atoms with Gasteiger partial charge in [-0.3, -0.25) is 4.79 Å². The van der Waals surface area contributed by atoms with Gasteiger partial charge in [-0.05, 0) is 36.6 Å². The zero-order valence-corrected chi connectivity index (χ0v) is 11.3. The summed E-state index contributed by atoms with van der Waals surface area (Å²) in [7, 11) is 0. The van der Waals surface area contributed by atoms with Crippen molar-refractivity contribution in [1.29, 1.82) is 0 Å². The van der Waals surface area contributed by atoms with Crippen molar-refractivity contribution in [1.82, 2.24) is 5.32 Å². The summed E-state index contributed by atoms with van der Waals surface area (Å²) in [6, 6.07) is 14.6. The van der Waals surface area contributed by atoms with Gasteiger partial charge in [-0.2, -0.15) is 0 Å². The molecule has 3 nitrogen and oxygen atoms in total. The van der Waals surface area contributed by atoms with E-state index >= 15 is 0 Å². The molecule has 0 saturated carbocycles. The maximum Gasteiger partial charge on any atom is 0.323 e. The van der Waals surface area contributed by atoms with E-state index in [9.17, 15) is 4.79 Å². The Morgan fingerprint density at radius 3 is 2.53 bits per heavy atom. The highest BCUT2D eigenvalue weighted by Crippen LogP contribution is 2.16. The average molecular weight is 257 g/mol. The Morgan fingerprint density at radius 2 is 1.84 bits per heavy atom. The van der Waals surface area contributed by atoms with Crippen LogP contribution in [-0.2, 0) is 11.2 Å². The fourth-order valence-corrected chi connectivity index (χ4v) is 1.99. The summed E-state index contributed by atoms with van der Waals surface area (Å²) in [6.45, 7) is 4.00. The van der Waals surface area contributed by atoms with Crippen LogP contribution in [0.25, 0.3) is 10.8 Å². The van der Waals surface area contributed by atoms with Crippen LogP contribution >= 0.6 is 0 Å². The molecule has 100 valence electrons. The van der Waals surface area contributed by atoms with Crippen LogP contribution in [0.15, 0.2) is 42.5 Å². The fraction of sp³-hybridized carbons (Fsp3) is 0.312. The Morgan fingerprint density at radius 1 is 1.16 bits per heavy atom. The molecule has 0 aliphatic heterocycles. The van der Waals surface area contributed by atoms with Crippen molar-refractivity contribution in [3.05, 3.63) is 48.0 Å². The van der Waals surface area contributed by atoms with E-state index in [1.807, 2.05) is 12.1 Å². The topological polar surface area (TPSA) is 49.3 Å². The van der Waals surface area contributed by atoms with E-state index in [4.69, 9.17) is 5.11 Å². The molecule has 0 spiro atoms. The van der Waals surface area contributed by atoms with Crippen molar-refractivity contribution in [2.75, 3.05) is 6.54 Å². The van der Waals surface area contributed by atoms with Gasteiger partial charge in [0, 0.05) is 6.54 Å². The second-order valence-corrected chi connectivity index (χ2v) is 5.29. The first-order valence-corrected chi connectivity index (χ1v) is 6.45. The normalized spacial score (nSPS) is 11.7. The smallest absolute Gasteiger partial charge is 0.323 e. The minimum atomic E-state index is -0.878. The van der Waals surface area contributed by atoms with Gasteiger partial charge < -0.3 is 10.4 Å². The van der Waals surface area contributed by atoms with E-state index in [-0.39, 0.29) is 0 Å². The predicted molar refractivity (Wildman–Crippen MR) is 77.4 cm³/mol. The van der Waals surface area contributed by atoms with E-state index in [2.05, 4.69) is 35.6 Å². The number of nitrogens with one attached hydrogen (secondary N) is 1. The Balaban J connectivity index is 2.00. The van der Waals surface area contributed by atoms with Gasteiger partial charge in [-0.15, -0.1) is 0 Å². The number of hydrogen-bond acceptors (Lipinski definition) is 2. The van der Waals surface area contributed by atoms with Crippen LogP contribution in [0.4, 0.5) is 0 Å². The number of carbonyl (C=O) groups is 1. The van der Waals surface area contributed by atoms with Crippen LogP contribution in [0.5, 0.6) is 0 Å². The van der Waals surface area contributed by atoms with E-state index in [1.165, 1.54) is 16.3 Å². The summed E-state index contributed by atoms with van der Waals surface area (Å²) in [6.07, 6.45) is 0.821. The lowest BCUT2D eigenvalue weighted by atomic mass is 10.0. The Hall–Kier alpha value is -1.87. The summed E-state index contributed by atoms with van der Waals surface area (Å²) in [5.74, 6) is -0.828. The predicted octanol–water partition coefficient (Wildman–Crippen LogP) is 2.84. The number of carboxylic acid groups (broad SMARTS) is 1. The Labute approximate surface area is 113 Å². The zero-order chi connectivity index (χ0) is 13.9. The number of benzene rings is 2. The summed E-state index contributed by atoms with van der Waals surface area (Å²) in [5, 5.41) is 14.5. The third-order valence-corrected chi connectivity index (χ3v) is 3.33. The fourth-order valence-electron chi connectivity index (χ4n) is 1.99. The monoisotopic (exact) mass is 257 g/mol. The molecule has 0 atom stereocenters. The molecule has 0 amide bonds. The first-order valence-electron chi connectivity index (χ1n) is 6.45. The van der Waals surface area contributed by atoms with Gasteiger partial charge in [-0.25, -0.2) is 0 Å². The quantitative estimate of drug-likeness (QED) is 0.866. The van der Waals surface area contributed by atoms with E-state index in [0.717, 1.165) is 6.42 Å². The summed E-state index contributed by atoms with van der Waals surface area (Å²) < 4.78 is 0. The molecule has 2 N–H and O–H groups in total. The van der Waals surface area contributed by atoms with Crippen LogP contribution < -0.4 is 5.32 Å². The molecule has 2 aromatic rings. The van der Waals surface area contributed by atoms with Crippen LogP contribution in [0.2, 0.25) is 0 Å². The molecule has 0 unspecified atom stereocenters. The largest absolute Gasteiger partial charge is 0.480 e. The van der Waals surface area contributed by atoms with Gasteiger partial charge in [0.15, 0.2) is 0 Å². The molecular formula is C16H19NO2. The SMILES string of the molecule is CC(C)(NCCc1ccc2ccccc2c1)C(=O)O. The average Bonchev–Trinajstić information content (AvgIpc) is 2.38. The first kappa shape index (κ1) is 13.6. The maximum absolute atomic E-state index is 11.0. The number of hydrogen-bond donors (Lipinski definition) is 2. The Bertz CT molecular complexity index is 590. The molecule has 0 fully saturated rings. The number of carboxylic acids is 1. The van der Waals surface area contributed by atoms with Gasteiger partial charge in [0.25, 0.3) is 0 Å². The van der Waals surface area contributed by atoms with E-state index < -0.39 is 11.5 Å². The van der Waals surface area contributed by atoms with Gasteiger partial charge >= 0.3 is 5.97 Å². The first-order chi connectivity index (χ1) is 8.99. The zero-order valence-electron chi connectivity index (χ0n) is 11.3.